The Hall–Kier alpha value is -6.73. The third-order valence-electron chi connectivity index (χ3n) is 7.59. The highest BCUT2D eigenvalue weighted by atomic mass is 35.5. The van der Waals surface area contributed by atoms with E-state index in [2.05, 4.69) is 32.2 Å². The van der Waals surface area contributed by atoms with Crippen molar-refractivity contribution in [2.75, 3.05) is 18.5 Å². The van der Waals surface area contributed by atoms with E-state index in [-0.39, 0.29) is 48.2 Å². The molecule has 0 unspecified atom stereocenters. The van der Waals surface area contributed by atoms with Gasteiger partial charge in [-0.15, -0.1) is 0 Å². The van der Waals surface area contributed by atoms with Gasteiger partial charge in [-0.05, 0) is 76.8 Å². The third kappa shape index (κ3) is 9.34. The van der Waals surface area contributed by atoms with E-state index in [1.165, 1.54) is 18.7 Å². The van der Waals surface area contributed by atoms with Crippen molar-refractivity contribution in [1.82, 2.24) is 10.6 Å². The van der Waals surface area contributed by atoms with Gasteiger partial charge in [0.25, 0.3) is 11.8 Å². The molecule has 4 aliphatic rings. The second kappa shape index (κ2) is 16.5. The zero-order valence-corrected chi connectivity index (χ0v) is 29.3. The second-order valence-electron chi connectivity index (χ2n) is 11.5. The Bertz CT molecular complexity index is 2180. The maximum Gasteiger partial charge on any atom is 0.276 e. The van der Waals surface area contributed by atoms with Gasteiger partial charge in [0.2, 0.25) is 30.7 Å². The number of guanidine groups is 1. The van der Waals surface area contributed by atoms with Crippen LogP contribution in [0.15, 0.2) is 118 Å². The monoisotopic (exact) mass is 733 g/mol. The molecule has 3 amide bonds. The first-order valence-electron chi connectivity index (χ1n) is 16.2. The number of amidine groups is 1. The summed E-state index contributed by atoms with van der Waals surface area (Å²) >= 11 is 4.64. The summed E-state index contributed by atoms with van der Waals surface area (Å²) in [5.74, 6) is 2.72. The van der Waals surface area contributed by atoms with Gasteiger partial charge in [-0.2, -0.15) is 0 Å². The minimum atomic E-state index is -0.375. The first kappa shape index (κ1) is 36.1. The van der Waals surface area contributed by atoms with Crippen LogP contribution in [-0.2, 0) is 25.6 Å². The highest BCUT2D eigenvalue weighted by Crippen LogP contribution is 2.34. The number of benzene rings is 4. The molecule has 53 heavy (non-hydrogen) atoms. The third-order valence-corrected chi connectivity index (χ3v) is 7.59. The number of nitrogens with one attached hydrogen (secondary N) is 2. The summed E-state index contributed by atoms with van der Waals surface area (Å²) in [4.78, 5) is 55.7. The fourth-order valence-electron chi connectivity index (χ4n) is 5.30. The molecule has 0 saturated carbocycles. The van der Waals surface area contributed by atoms with Crippen LogP contribution >= 0.6 is 11.6 Å². The van der Waals surface area contributed by atoms with E-state index in [0.29, 0.717) is 40.9 Å². The van der Waals surface area contributed by atoms with Crippen molar-refractivity contribution in [2.24, 2.45) is 9.98 Å². The van der Waals surface area contributed by atoms with Crippen LogP contribution in [-0.4, -0.2) is 48.3 Å². The van der Waals surface area contributed by atoms with Gasteiger partial charge in [-0.1, -0.05) is 60.7 Å². The molecule has 4 heterocycles. The molecule has 0 atom stereocenters. The number of rotatable bonds is 5. The lowest BCUT2D eigenvalue weighted by molar-refractivity contribution is -0.116. The van der Waals surface area contributed by atoms with E-state index in [1.54, 1.807) is 42.5 Å². The van der Waals surface area contributed by atoms with Crippen LogP contribution in [0.4, 0.5) is 5.69 Å². The Morgan fingerprint density at radius 2 is 1.19 bits per heavy atom. The molecule has 0 aliphatic carbocycles. The van der Waals surface area contributed by atoms with Gasteiger partial charge in [0.05, 0.1) is 5.69 Å². The van der Waals surface area contributed by atoms with Crippen molar-refractivity contribution >= 4 is 64.2 Å². The number of carbonyl (C=O) groups is 4. The van der Waals surface area contributed by atoms with E-state index in [1.807, 2.05) is 66.7 Å². The van der Waals surface area contributed by atoms with Crippen molar-refractivity contribution < 1.29 is 38.1 Å². The Kier molecular flexibility index (Phi) is 11.2. The topological polar surface area (TPSA) is 157 Å². The molecule has 4 aromatic carbocycles. The fourth-order valence-corrected chi connectivity index (χ4v) is 5.30. The van der Waals surface area contributed by atoms with Crippen LogP contribution in [0.5, 0.6) is 23.0 Å². The molecule has 14 heteroatoms. The maximum atomic E-state index is 12.3. The minimum absolute atomic E-state index is 0.181. The zero-order valence-electron chi connectivity index (χ0n) is 28.5. The number of hydrogen-bond donors (Lipinski definition) is 2. The molecular weight excluding hydrogens is 702 g/mol. The normalized spacial score (nSPS) is 16.1. The lowest BCUT2D eigenvalue weighted by atomic mass is 10.1. The first-order chi connectivity index (χ1) is 25.6. The Morgan fingerprint density at radius 1 is 0.698 bits per heavy atom. The largest absolute Gasteiger partial charge is 0.454 e. The molecular formula is C39H32ClN5O8. The molecule has 4 aromatic rings. The predicted octanol–water partition coefficient (Wildman–Crippen LogP) is 5.59. The number of anilines is 1. The number of carbonyl (C=O) groups excluding carboxylic acids is 4. The molecule has 268 valence electrons. The Labute approximate surface area is 309 Å². The summed E-state index contributed by atoms with van der Waals surface area (Å²) < 4.78 is 21.2. The van der Waals surface area contributed by atoms with Gasteiger partial charge in [-0.3, -0.25) is 29.4 Å². The van der Waals surface area contributed by atoms with Crippen LogP contribution in [0.1, 0.15) is 30.5 Å². The van der Waals surface area contributed by atoms with Crippen LogP contribution in [0.2, 0.25) is 0 Å². The minimum Gasteiger partial charge on any atom is -0.454 e. The maximum absolute atomic E-state index is 12.3. The van der Waals surface area contributed by atoms with Crippen LogP contribution < -0.4 is 34.5 Å². The van der Waals surface area contributed by atoms with E-state index in [0.717, 1.165) is 22.4 Å². The number of fused-ring (bicyclic) bond motifs is 2. The highest BCUT2D eigenvalue weighted by Gasteiger charge is 2.28. The van der Waals surface area contributed by atoms with Gasteiger partial charge in [0.15, 0.2) is 23.0 Å². The number of hydrogen-bond acceptors (Lipinski definition) is 10. The van der Waals surface area contributed by atoms with Gasteiger partial charge in [-0.25, -0.2) is 9.98 Å². The summed E-state index contributed by atoms with van der Waals surface area (Å²) in [7, 11) is 0. The summed E-state index contributed by atoms with van der Waals surface area (Å²) in [6, 6.07) is 29.8. The smallest absolute Gasteiger partial charge is 0.276 e. The fraction of sp³-hybridized carbons (Fsp3) is 0.128. The lowest BCUT2D eigenvalue weighted by Gasteiger charge is -2.19. The molecule has 0 aromatic heterocycles. The van der Waals surface area contributed by atoms with Crippen molar-refractivity contribution in [3.63, 3.8) is 0 Å². The van der Waals surface area contributed by atoms with E-state index in [9.17, 15) is 19.2 Å². The second-order valence-corrected chi connectivity index (χ2v) is 12.0. The molecule has 0 fully saturated rings. The average Bonchev–Trinajstić information content (AvgIpc) is 3.94. The average molecular weight is 734 g/mol. The van der Waals surface area contributed by atoms with Gasteiger partial charge in [0, 0.05) is 20.3 Å². The van der Waals surface area contributed by atoms with E-state index < -0.39 is 0 Å². The number of para-hydroxylation sites is 1. The van der Waals surface area contributed by atoms with Gasteiger partial charge < -0.3 is 24.3 Å². The number of nitrogens with zero attached hydrogens (tertiary/aromatic N) is 3. The molecule has 4 aliphatic heterocycles. The first-order valence-corrected chi connectivity index (χ1v) is 16.6. The van der Waals surface area contributed by atoms with E-state index >= 15 is 0 Å². The quantitative estimate of drug-likeness (QED) is 0.199. The molecule has 13 nitrogen and oxygen atoms in total. The molecule has 0 spiro atoms. The molecule has 2 N–H and O–H groups in total. The van der Waals surface area contributed by atoms with Crippen molar-refractivity contribution in [3.8, 4) is 23.0 Å². The number of ether oxygens (including phenoxy) is 4. The summed E-state index contributed by atoms with van der Waals surface area (Å²) in [6.07, 6.45) is 3.98. The van der Waals surface area contributed by atoms with Crippen molar-refractivity contribution in [2.45, 2.75) is 20.3 Å². The summed E-state index contributed by atoms with van der Waals surface area (Å²) in [5.41, 5.74) is 3.94. The summed E-state index contributed by atoms with van der Waals surface area (Å²) in [6.45, 7) is 3.13. The van der Waals surface area contributed by atoms with Crippen LogP contribution in [0.3, 0.4) is 0 Å². The Morgan fingerprint density at radius 3 is 1.74 bits per heavy atom. The van der Waals surface area contributed by atoms with Crippen molar-refractivity contribution in [1.29, 1.82) is 0 Å². The zero-order chi connectivity index (χ0) is 37.3. The molecule has 0 bridgehead atoms. The molecule has 8 rings (SSSR count). The SMILES string of the molecule is CC(=O)Cl.CC(=O)N(C1=N/C(=C\c2ccc3c(c2)OCO3)C(=O)N1)c1ccccc1.O=C1NC(Cc2ccccc2)=N/C1=C\c1ccc2c(c1)OCO2. The standard InChI is InChI=1S/C19H15N3O4.C18H14N2O3.C2H3ClO/c1-12(23)22(14-5-3-2-4-6-14)19-20-15(18(24)21-19)9-13-7-8-16-17(10-13)26-11-25-16;21-18-14(8-13-6-7-15-16(9-13)23-11-22-15)19-17(20-18)10-12-4-2-1-3-5-12;1-2(3)4/h2-10H,11H2,1H3,(H,20,21,24);1-9H,10-11H2,(H,19,20,21);1H3/b15-9-;14-8-;. The van der Waals surface area contributed by atoms with Crippen LogP contribution in [0, 0.1) is 0 Å². The molecule has 0 radical (unpaired) electrons. The summed E-state index contributed by atoms with van der Waals surface area (Å²) in [5, 5.41) is 5.10. The van der Waals surface area contributed by atoms with E-state index in [4.69, 9.17) is 18.9 Å². The number of halogens is 1. The molecule has 0 saturated heterocycles. The number of amides is 3. The highest BCUT2D eigenvalue weighted by molar-refractivity contribution is 6.62. The van der Waals surface area contributed by atoms with Crippen LogP contribution in [0.25, 0.3) is 12.2 Å². The lowest BCUT2D eigenvalue weighted by Crippen LogP contribution is -2.43. The van der Waals surface area contributed by atoms with Crippen molar-refractivity contribution in [3.05, 3.63) is 125 Å². The number of aliphatic imine (C=N–C) groups is 2. The van der Waals surface area contributed by atoms with Gasteiger partial charge in [0.1, 0.15) is 17.2 Å². The Balaban J connectivity index is 0.000000166. The van der Waals surface area contributed by atoms with Gasteiger partial charge >= 0.3 is 0 Å². The predicted molar refractivity (Wildman–Crippen MR) is 199 cm³/mol.